The third-order valence-corrected chi connectivity index (χ3v) is 5.67. The van der Waals surface area contributed by atoms with Crippen LogP contribution in [0.25, 0.3) is 10.9 Å². The maximum absolute atomic E-state index is 12.3. The number of ether oxygens (including phenoxy) is 1. The second-order valence-corrected chi connectivity index (χ2v) is 8.67. The predicted octanol–water partition coefficient (Wildman–Crippen LogP) is 5.15. The predicted molar refractivity (Wildman–Crippen MR) is 144 cm³/mol. The molecular formula is C29H26N6O2. The van der Waals surface area contributed by atoms with Crippen LogP contribution in [0.15, 0.2) is 96.2 Å². The highest BCUT2D eigenvalue weighted by molar-refractivity contribution is 5.85. The molecule has 0 fully saturated rings. The van der Waals surface area contributed by atoms with Gasteiger partial charge in [0.15, 0.2) is 5.78 Å². The Labute approximate surface area is 214 Å². The number of nitrogens with one attached hydrogen (secondary N) is 1. The van der Waals surface area contributed by atoms with Gasteiger partial charge in [0.25, 0.3) is 0 Å². The summed E-state index contributed by atoms with van der Waals surface area (Å²) in [4.78, 5) is 21.2. The van der Waals surface area contributed by atoms with Crippen LogP contribution in [-0.2, 0) is 17.9 Å². The van der Waals surface area contributed by atoms with Gasteiger partial charge >= 0.3 is 0 Å². The van der Waals surface area contributed by atoms with E-state index in [1.165, 1.54) is 10.2 Å². The molecule has 184 valence electrons. The molecule has 8 nitrogen and oxygen atoms in total. The Morgan fingerprint density at radius 1 is 1.05 bits per heavy atom. The second kappa shape index (κ2) is 11.3. The van der Waals surface area contributed by atoms with E-state index in [9.17, 15) is 4.79 Å². The van der Waals surface area contributed by atoms with Crippen LogP contribution in [0.5, 0.6) is 5.75 Å². The molecule has 0 aliphatic carbocycles. The lowest BCUT2D eigenvalue weighted by atomic mass is 10.2. The molecule has 0 radical (unpaired) electrons. The van der Waals surface area contributed by atoms with Crippen molar-refractivity contribution in [1.29, 1.82) is 0 Å². The van der Waals surface area contributed by atoms with Gasteiger partial charge in [-0.25, -0.2) is 4.68 Å². The number of hydrogen-bond acceptors (Lipinski definition) is 7. The highest BCUT2D eigenvalue weighted by Gasteiger charge is 2.07. The summed E-state index contributed by atoms with van der Waals surface area (Å²) in [5, 5.41) is 12.3. The van der Waals surface area contributed by atoms with Crippen molar-refractivity contribution in [3.05, 3.63) is 108 Å². The number of carbonyl (C=O) groups is 1. The normalized spacial score (nSPS) is 11.2. The number of Topliss-reactive ketones (excluding diaryl/α,β-unsaturated/α-hetero) is 1. The molecule has 37 heavy (non-hydrogen) atoms. The number of rotatable bonds is 10. The summed E-state index contributed by atoms with van der Waals surface area (Å²) < 4.78 is 7.35. The van der Waals surface area contributed by atoms with Crippen LogP contribution in [0.4, 0.5) is 11.4 Å². The van der Waals surface area contributed by atoms with E-state index in [2.05, 4.69) is 25.6 Å². The number of benzene rings is 3. The molecule has 8 heteroatoms. The lowest BCUT2D eigenvalue weighted by Crippen LogP contribution is -2.19. The molecule has 0 amide bonds. The third kappa shape index (κ3) is 6.64. The van der Waals surface area contributed by atoms with Crippen molar-refractivity contribution in [3.8, 4) is 5.75 Å². The first-order valence-electron chi connectivity index (χ1n) is 11.9. The maximum Gasteiger partial charge on any atom is 0.173 e. The molecule has 1 N–H and O–H groups in total. The fourth-order valence-electron chi connectivity index (χ4n) is 3.68. The van der Waals surface area contributed by atoms with Crippen molar-refractivity contribution in [1.82, 2.24) is 20.0 Å². The fourth-order valence-corrected chi connectivity index (χ4v) is 3.68. The number of aliphatic imine (C=N–C) groups is 1. The van der Waals surface area contributed by atoms with Crippen molar-refractivity contribution in [2.24, 2.45) is 4.99 Å². The number of nitrogens with zero attached hydrogens (tertiary/aromatic N) is 5. The molecule has 0 saturated heterocycles. The highest BCUT2D eigenvalue weighted by Crippen LogP contribution is 2.19. The molecule has 0 unspecified atom stereocenters. The molecule has 3 aromatic carbocycles. The van der Waals surface area contributed by atoms with E-state index in [0.29, 0.717) is 11.4 Å². The van der Waals surface area contributed by atoms with Crippen molar-refractivity contribution in [2.45, 2.75) is 20.1 Å². The van der Waals surface area contributed by atoms with E-state index in [-0.39, 0.29) is 25.5 Å². The second-order valence-electron chi connectivity index (χ2n) is 8.67. The van der Waals surface area contributed by atoms with Crippen molar-refractivity contribution in [2.75, 3.05) is 11.9 Å². The largest absolute Gasteiger partial charge is 0.487 e. The molecule has 0 atom stereocenters. The van der Waals surface area contributed by atoms with Gasteiger partial charge in [0.1, 0.15) is 24.6 Å². The van der Waals surface area contributed by atoms with Gasteiger partial charge in [-0.05, 0) is 61.0 Å². The molecule has 0 saturated carbocycles. The number of aromatic nitrogens is 4. The summed E-state index contributed by atoms with van der Waals surface area (Å²) in [6.45, 7) is 2.65. The summed E-state index contributed by atoms with van der Waals surface area (Å²) >= 11 is 0. The highest BCUT2D eigenvalue weighted by atomic mass is 16.5. The Kier molecular flexibility index (Phi) is 7.26. The van der Waals surface area contributed by atoms with Gasteiger partial charge in [0, 0.05) is 17.3 Å². The van der Waals surface area contributed by atoms with E-state index < -0.39 is 0 Å². The Balaban J connectivity index is 1.09. The monoisotopic (exact) mass is 490 g/mol. The summed E-state index contributed by atoms with van der Waals surface area (Å²) in [5.41, 5.74) is 5.43. The molecule has 0 aliphatic rings. The van der Waals surface area contributed by atoms with Gasteiger partial charge < -0.3 is 10.1 Å². The lowest BCUT2D eigenvalue weighted by Gasteiger charge is -2.06. The number of carbonyl (C=O) groups excluding carboxylic acids is 1. The SMILES string of the molecule is Cc1ccc(NCC(=O)Cn2cc(COc3ccc(C=Nc4cnc5ccccc5c4)cc3)nn2)cc1. The summed E-state index contributed by atoms with van der Waals surface area (Å²) in [7, 11) is 0. The molecule has 0 bridgehead atoms. The number of pyridine rings is 1. The van der Waals surface area contributed by atoms with Gasteiger partial charge in [-0.1, -0.05) is 41.1 Å². The number of fused-ring (bicyclic) bond motifs is 1. The van der Waals surface area contributed by atoms with E-state index in [0.717, 1.165) is 27.8 Å². The minimum Gasteiger partial charge on any atom is -0.487 e. The minimum atomic E-state index is 0.00895. The number of ketones is 1. The summed E-state index contributed by atoms with van der Waals surface area (Å²) in [5.74, 6) is 0.715. The van der Waals surface area contributed by atoms with Gasteiger partial charge in [-0.2, -0.15) is 0 Å². The number of hydrogen-bond donors (Lipinski definition) is 1. The van der Waals surface area contributed by atoms with Crippen molar-refractivity contribution < 1.29 is 9.53 Å². The van der Waals surface area contributed by atoms with Crippen LogP contribution in [-0.4, -0.2) is 38.5 Å². The quantitative estimate of drug-likeness (QED) is 0.272. The van der Waals surface area contributed by atoms with Crippen molar-refractivity contribution >= 4 is 34.3 Å². The first kappa shape index (κ1) is 23.9. The van der Waals surface area contributed by atoms with Crippen LogP contribution in [0.3, 0.4) is 0 Å². The molecule has 0 spiro atoms. The van der Waals surface area contributed by atoms with E-state index in [1.54, 1.807) is 18.6 Å². The average molecular weight is 491 g/mol. The standard InChI is InChI=1S/C29H26N6O2/c1-21-6-10-24(11-7-21)31-17-27(36)19-35-18-26(33-34-35)20-37-28-12-8-22(9-13-28)15-30-25-14-23-4-2-3-5-29(23)32-16-25/h2-16,18,31H,17,19-20H2,1H3. The van der Waals surface area contributed by atoms with Crippen LogP contribution in [0.2, 0.25) is 0 Å². The Bertz CT molecular complexity index is 1520. The van der Waals surface area contributed by atoms with Crippen LogP contribution < -0.4 is 10.1 Å². The van der Waals surface area contributed by atoms with E-state index in [4.69, 9.17) is 4.74 Å². The van der Waals surface area contributed by atoms with Gasteiger partial charge in [-0.3, -0.25) is 14.8 Å². The Morgan fingerprint density at radius 2 is 1.86 bits per heavy atom. The topological polar surface area (TPSA) is 94.3 Å². The number of para-hydroxylation sites is 1. The van der Waals surface area contributed by atoms with Crippen LogP contribution in [0, 0.1) is 6.92 Å². The number of aryl methyl sites for hydroxylation is 1. The Morgan fingerprint density at radius 3 is 2.70 bits per heavy atom. The van der Waals surface area contributed by atoms with Gasteiger partial charge in [0.05, 0.1) is 30.1 Å². The average Bonchev–Trinajstić information content (AvgIpc) is 3.38. The maximum atomic E-state index is 12.3. The van der Waals surface area contributed by atoms with Crippen molar-refractivity contribution in [3.63, 3.8) is 0 Å². The first-order chi connectivity index (χ1) is 18.1. The summed E-state index contributed by atoms with van der Waals surface area (Å²) in [6, 6.07) is 25.5. The zero-order valence-electron chi connectivity index (χ0n) is 20.4. The lowest BCUT2D eigenvalue weighted by molar-refractivity contribution is -0.118. The fraction of sp³-hybridized carbons (Fsp3) is 0.138. The molecule has 5 aromatic rings. The molecule has 2 heterocycles. The molecule has 5 rings (SSSR count). The molecular weight excluding hydrogens is 464 g/mol. The van der Waals surface area contributed by atoms with Crippen LogP contribution >= 0.6 is 0 Å². The first-order valence-corrected chi connectivity index (χ1v) is 11.9. The van der Waals surface area contributed by atoms with Crippen LogP contribution in [0.1, 0.15) is 16.8 Å². The molecule has 0 aliphatic heterocycles. The van der Waals surface area contributed by atoms with Gasteiger partial charge in [0.2, 0.25) is 0 Å². The van der Waals surface area contributed by atoms with E-state index >= 15 is 0 Å². The van der Waals surface area contributed by atoms with E-state index in [1.807, 2.05) is 85.8 Å². The summed E-state index contributed by atoms with van der Waals surface area (Å²) in [6.07, 6.45) is 5.28. The smallest absolute Gasteiger partial charge is 0.173 e. The zero-order chi connectivity index (χ0) is 25.5. The number of anilines is 1. The zero-order valence-corrected chi connectivity index (χ0v) is 20.4. The van der Waals surface area contributed by atoms with Gasteiger partial charge in [-0.15, -0.1) is 5.10 Å². The Hall–Kier alpha value is -4.85. The molecule has 2 aromatic heterocycles. The minimum absolute atomic E-state index is 0.00895. The third-order valence-electron chi connectivity index (χ3n) is 5.67.